The zero-order valence-electron chi connectivity index (χ0n) is 12.3. The summed E-state index contributed by atoms with van der Waals surface area (Å²) in [6, 6.07) is 4.09. The Kier molecular flexibility index (Phi) is 3.41. The van der Waals surface area contributed by atoms with Gasteiger partial charge in [-0.05, 0) is 38.3 Å². The van der Waals surface area contributed by atoms with Crippen LogP contribution in [-0.2, 0) is 10.3 Å². The van der Waals surface area contributed by atoms with Crippen molar-refractivity contribution in [2.45, 2.75) is 39.7 Å². The highest BCUT2D eigenvalue weighted by molar-refractivity contribution is 5.94. The Hall–Kier alpha value is -1.39. The van der Waals surface area contributed by atoms with Gasteiger partial charge < -0.3 is 10.1 Å². The molecule has 0 radical (unpaired) electrons. The van der Waals surface area contributed by atoms with Crippen LogP contribution in [-0.4, -0.2) is 29.8 Å². The smallest absolute Gasteiger partial charge is 0.223 e. The first-order chi connectivity index (χ1) is 8.79. The lowest BCUT2D eigenvalue weighted by Gasteiger charge is -2.45. The summed E-state index contributed by atoms with van der Waals surface area (Å²) < 4.78 is 0. The minimum Gasteiger partial charge on any atom is -0.313 e. The van der Waals surface area contributed by atoms with Crippen molar-refractivity contribution in [3.8, 4) is 0 Å². The molecule has 1 atom stereocenters. The number of rotatable bonds is 1. The second kappa shape index (κ2) is 4.62. The monoisotopic (exact) mass is 262 g/mol. The Morgan fingerprint density at radius 1 is 1.37 bits per heavy atom. The van der Waals surface area contributed by atoms with Crippen molar-refractivity contribution in [1.29, 1.82) is 0 Å². The topological polar surface area (TPSA) is 43.8 Å². The van der Waals surface area contributed by atoms with E-state index in [0.717, 1.165) is 28.8 Å². The number of hydrogen-bond acceptors (Lipinski definition) is 3. The first-order valence-electron chi connectivity index (χ1n) is 6.60. The second-order valence-corrected chi connectivity index (χ2v) is 5.64. The first kappa shape index (κ1) is 14.0. The van der Waals surface area contributed by atoms with Crippen molar-refractivity contribution in [2.75, 3.05) is 18.5 Å². The van der Waals surface area contributed by atoms with Gasteiger partial charge in [0.15, 0.2) is 0 Å². The van der Waals surface area contributed by atoms with Crippen molar-refractivity contribution >= 4 is 11.6 Å². The molecule has 4 nitrogen and oxygen atoms in total. The van der Waals surface area contributed by atoms with E-state index in [9.17, 15) is 10.0 Å². The molecule has 0 fully saturated rings. The van der Waals surface area contributed by atoms with Crippen LogP contribution in [0, 0.1) is 13.8 Å². The van der Waals surface area contributed by atoms with E-state index in [2.05, 4.69) is 6.07 Å². The molecule has 1 N–H and O–H groups in total. The van der Waals surface area contributed by atoms with Gasteiger partial charge in [-0.3, -0.25) is 4.79 Å². The lowest BCUT2D eigenvalue weighted by atomic mass is 9.79. The Morgan fingerprint density at radius 3 is 2.47 bits per heavy atom. The first-order valence-corrected chi connectivity index (χ1v) is 6.60. The van der Waals surface area contributed by atoms with Gasteiger partial charge in [0.05, 0.1) is 11.2 Å². The van der Waals surface area contributed by atoms with Gasteiger partial charge in [0.1, 0.15) is 0 Å². The number of amides is 1. The summed E-state index contributed by atoms with van der Waals surface area (Å²) in [5.41, 5.74) is 3.75. The number of anilines is 1. The van der Waals surface area contributed by atoms with Crippen molar-refractivity contribution in [1.82, 2.24) is 5.06 Å². The molecule has 19 heavy (non-hydrogen) atoms. The van der Waals surface area contributed by atoms with Crippen molar-refractivity contribution in [2.24, 2.45) is 0 Å². The molecule has 0 aromatic heterocycles. The van der Waals surface area contributed by atoms with E-state index >= 15 is 0 Å². The van der Waals surface area contributed by atoms with E-state index in [-0.39, 0.29) is 5.91 Å². The average molecular weight is 262 g/mol. The fourth-order valence-electron chi connectivity index (χ4n) is 3.03. The number of aryl methyl sites for hydroxylation is 2. The van der Waals surface area contributed by atoms with Gasteiger partial charge in [0.2, 0.25) is 5.91 Å². The van der Waals surface area contributed by atoms with Gasteiger partial charge in [0.25, 0.3) is 0 Å². The quantitative estimate of drug-likeness (QED) is 0.791. The number of hydrogen-bond donors (Lipinski definition) is 1. The van der Waals surface area contributed by atoms with E-state index in [0.29, 0.717) is 6.54 Å². The standard InChI is InChI=1S/C15H22N2O2/c1-10-6-7-11(2)14-13(10)15(4,16(5)19)8-9-17(14)12(3)18/h6-7,19H,8-9H2,1-5H3. The van der Waals surface area contributed by atoms with Gasteiger partial charge in [-0.2, -0.15) is 5.06 Å². The molecule has 0 saturated heterocycles. The van der Waals surface area contributed by atoms with Crippen LogP contribution in [0.4, 0.5) is 5.69 Å². The molecule has 1 aliphatic rings. The van der Waals surface area contributed by atoms with Crippen molar-refractivity contribution in [3.63, 3.8) is 0 Å². The van der Waals surface area contributed by atoms with E-state index < -0.39 is 5.54 Å². The highest BCUT2D eigenvalue weighted by atomic mass is 16.5. The summed E-state index contributed by atoms with van der Waals surface area (Å²) >= 11 is 0. The largest absolute Gasteiger partial charge is 0.313 e. The van der Waals surface area contributed by atoms with Crippen LogP contribution in [0.3, 0.4) is 0 Å². The Labute approximate surface area is 114 Å². The summed E-state index contributed by atoms with van der Waals surface area (Å²) in [5, 5.41) is 11.3. The maximum Gasteiger partial charge on any atom is 0.223 e. The van der Waals surface area contributed by atoms with Crippen molar-refractivity contribution in [3.05, 3.63) is 28.8 Å². The molecule has 0 saturated carbocycles. The van der Waals surface area contributed by atoms with Crippen LogP contribution in [0.1, 0.15) is 37.0 Å². The van der Waals surface area contributed by atoms with Crippen LogP contribution >= 0.6 is 0 Å². The van der Waals surface area contributed by atoms with Crippen LogP contribution in [0.25, 0.3) is 0 Å². The van der Waals surface area contributed by atoms with Gasteiger partial charge in [0, 0.05) is 26.1 Å². The van der Waals surface area contributed by atoms with E-state index in [1.54, 1.807) is 14.0 Å². The Balaban J connectivity index is 2.74. The SMILES string of the molecule is CC(=O)N1CCC(C)(N(C)O)c2c(C)ccc(C)c21. The molecule has 1 aromatic carbocycles. The minimum atomic E-state index is -0.447. The molecular formula is C15H22N2O2. The van der Waals surface area contributed by atoms with Crippen LogP contribution < -0.4 is 4.90 Å². The van der Waals surface area contributed by atoms with E-state index in [4.69, 9.17) is 0 Å². The zero-order chi connectivity index (χ0) is 14.4. The second-order valence-electron chi connectivity index (χ2n) is 5.64. The predicted molar refractivity (Wildman–Crippen MR) is 75.5 cm³/mol. The van der Waals surface area contributed by atoms with Gasteiger partial charge in [-0.25, -0.2) is 0 Å². The maximum atomic E-state index is 11.9. The Morgan fingerprint density at radius 2 is 1.95 bits per heavy atom. The molecule has 1 heterocycles. The molecule has 2 rings (SSSR count). The van der Waals surface area contributed by atoms with Crippen LogP contribution in [0.2, 0.25) is 0 Å². The highest BCUT2D eigenvalue weighted by Crippen LogP contribution is 2.44. The molecular weight excluding hydrogens is 240 g/mol. The third-order valence-corrected chi connectivity index (χ3v) is 4.31. The predicted octanol–water partition coefficient (Wildman–Crippen LogP) is 2.60. The highest BCUT2D eigenvalue weighted by Gasteiger charge is 2.41. The summed E-state index contributed by atoms with van der Waals surface area (Å²) in [7, 11) is 1.68. The number of nitrogens with zero attached hydrogens (tertiary/aromatic N) is 2. The third-order valence-electron chi connectivity index (χ3n) is 4.31. The number of benzene rings is 1. The summed E-state index contributed by atoms with van der Waals surface area (Å²) in [6.07, 6.45) is 0.719. The molecule has 4 heteroatoms. The Bertz CT molecular complexity index is 525. The number of carbonyl (C=O) groups excluding carboxylic acids is 1. The minimum absolute atomic E-state index is 0.0533. The summed E-state index contributed by atoms with van der Waals surface area (Å²) in [4.78, 5) is 13.7. The maximum absolute atomic E-state index is 11.9. The molecule has 0 aliphatic carbocycles. The lowest BCUT2D eigenvalue weighted by molar-refractivity contribution is -0.154. The molecule has 1 aromatic rings. The fraction of sp³-hybridized carbons (Fsp3) is 0.533. The fourth-order valence-corrected chi connectivity index (χ4v) is 3.03. The van der Waals surface area contributed by atoms with Crippen molar-refractivity contribution < 1.29 is 10.0 Å². The molecule has 1 aliphatic heterocycles. The number of carbonyl (C=O) groups is 1. The summed E-state index contributed by atoms with van der Waals surface area (Å²) in [5.74, 6) is 0.0533. The summed E-state index contributed by atoms with van der Waals surface area (Å²) in [6.45, 7) is 8.29. The third kappa shape index (κ3) is 2.05. The van der Waals surface area contributed by atoms with Gasteiger partial charge in [-0.1, -0.05) is 12.1 Å². The van der Waals surface area contributed by atoms with Gasteiger partial charge in [-0.15, -0.1) is 0 Å². The molecule has 0 bridgehead atoms. The lowest BCUT2D eigenvalue weighted by Crippen LogP contribution is -2.49. The van der Waals surface area contributed by atoms with E-state index in [1.165, 1.54) is 5.06 Å². The normalized spacial score (nSPS) is 22.6. The van der Waals surface area contributed by atoms with Gasteiger partial charge >= 0.3 is 0 Å². The number of fused-ring (bicyclic) bond motifs is 1. The molecule has 0 spiro atoms. The zero-order valence-corrected chi connectivity index (χ0v) is 12.3. The number of hydroxylamine groups is 2. The molecule has 1 unspecified atom stereocenters. The van der Waals surface area contributed by atoms with E-state index in [1.807, 2.05) is 31.7 Å². The van der Waals surface area contributed by atoms with Crippen LogP contribution in [0.15, 0.2) is 12.1 Å². The average Bonchev–Trinajstić information content (AvgIpc) is 2.33. The van der Waals surface area contributed by atoms with Crippen LogP contribution in [0.5, 0.6) is 0 Å². The molecule has 104 valence electrons. The molecule has 1 amide bonds.